The van der Waals surface area contributed by atoms with Crippen LogP contribution in [0.2, 0.25) is 0 Å². The molecule has 0 unspecified atom stereocenters. The number of hydrogen-bond donors (Lipinski definition) is 0. The molecule has 2 heterocycles. The van der Waals surface area contributed by atoms with E-state index in [0.717, 1.165) is 44.7 Å². The molecule has 0 N–H and O–H groups in total. The average molecular weight is 770 g/mol. The third kappa shape index (κ3) is 5.62. The molecule has 2 nitrogen and oxygen atoms in total. The first-order valence-corrected chi connectivity index (χ1v) is 20.9. The van der Waals surface area contributed by atoms with E-state index < -0.39 is 0 Å². The quantitative estimate of drug-likeness (QED) is 0.167. The summed E-state index contributed by atoms with van der Waals surface area (Å²) in [7, 11) is 0. The van der Waals surface area contributed by atoms with Gasteiger partial charge in [-0.05, 0) is 110 Å². The lowest BCUT2D eigenvalue weighted by molar-refractivity contribution is 0.669. The first-order valence-electron chi connectivity index (χ1n) is 20.1. The highest BCUT2D eigenvalue weighted by Gasteiger charge is 2.20. The third-order valence-electron chi connectivity index (χ3n) is 11.9. The molecular weight excluding hydrogens is 735 g/mol. The van der Waals surface area contributed by atoms with E-state index >= 15 is 0 Å². The minimum atomic E-state index is 0.905. The molecule has 276 valence electrons. The smallest absolute Gasteiger partial charge is 0.136 e. The lowest BCUT2D eigenvalue weighted by Crippen LogP contribution is -2.10. The van der Waals surface area contributed by atoms with Crippen LogP contribution in [0.3, 0.4) is 0 Å². The molecule has 0 radical (unpaired) electrons. The highest BCUT2D eigenvalue weighted by atomic mass is 32.1. The molecule has 0 aliphatic heterocycles. The molecule has 0 fully saturated rings. The van der Waals surface area contributed by atoms with Crippen LogP contribution >= 0.6 is 11.3 Å². The normalized spacial score (nSPS) is 11.7. The molecule has 0 amide bonds. The molecule has 0 bridgehead atoms. The fourth-order valence-electron chi connectivity index (χ4n) is 8.96. The summed E-state index contributed by atoms with van der Waals surface area (Å²) in [6.07, 6.45) is 0. The van der Waals surface area contributed by atoms with Gasteiger partial charge in [0.2, 0.25) is 0 Å². The van der Waals surface area contributed by atoms with Gasteiger partial charge in [0.1, 0.15) is 11.2 Å². The lowest BCUT2D eigenvalue weighted by Gasteiger charge is -2.26. The first kappa shape index (κ1) is 33.7. The maximum absolute atomic E-state index is 6.34. The summed E-state index contributed by atoms with van der Waals surface area (Å²) >= 11 is 1.89. The van der Waals surface area contributed by atoms with Crippen LogP contribution in [0, 0.1) is 0 Å². The zero-order chi connectivity index (χ0) is 38.9. The van der Waals surface area contributed by atoms with E-state index in [2.05, 4.69) is 217 Å². The average Bonchev–Trinajstić information content (AvgIpc) is 3.89. The van der Waals surface area contributed by atoms with Crippen molar-refractivity contribution < 1.29 is 4.42 Å². The number of thiophene rings is 1. The number of rotatable bonds is 6. The summed E-state index contributed by atoms with van der Waals surface area (Å²) in [5.74, 6) is 0. The lowest BCUT2D eigenvalue weighted by atomic mass is 9.98. The Balaban J connectivity index is 0.987. The van der Waals surface area contributed by atoms with E-state index in [9.17, 15) is 0 Å². The van der Waals surface area contributed by atoms with E-state index in [1.165, 1.54) is 69.4 Å². The van der Waals surface area contributed by atoms with Gasteiger partial charge in [0, 0.05) is 37.6 Å². The largest absolute Gasteiger partial charge is 0.456 e. The van der Waals surface area contributed by atoms with Crippen LogP contribution in [0.15, 0.2) is 217 Å². The monoisotopic (exact) mass is 769 g/mol. The molecule has 10 aromatic carbocycles. The second-order valence-electron chi connectivity index (χ2n) is 15.3. The van der Waals surface area contributed by atoms with Crippen molar-refractivity contribution in [1.29, 1.82) is 0 Å². The van der Waals surface area contributed by atoms with Gasteiger partial charge in [0.25, 0.3) is 0 Å². The Hall–Kier alpha value is -7.46. The third-order valence-corrected chi connectivity index (χ3v) is 13.1. The number of fused-ring (bicyclic) bond motifs is 10. The van der Waals surface area contributed by atoms with E-state index in [0.29, 0.717) is 0 Å². The van der Waals surface area contributed by atoms with Gasteiger partial charge in [-0.25, -0.2) is 0 Å². The molecule has 59 heavy (non-hydrogen) atoms. The van der Waals surface area contributed by atoms with Crippen LogP contribution in [0.25, 0.3) is 97.0 Å². The SMILES string of the molecule is c1ccc(-c2cccc(-c3ccc(N(c4ccc(-c5ccc6oc7ccc8ccccc8c7c6c5)cc4)c4cccc5c4sc4c6ccccc6ccc54)cc3)c2)cc1. The minimum absolute atomic E-state index is 0.905. The van der Waals surface area contributed by atoms with Crippen LogP contribution in [0.1, 0.15) is 0 Å². The number of hydrogen-bond acceptors (Lipinski definition) is 3. The summed E-state index contributed by atoms with van der Waals surface area (Å²) in [6.45, 7) is 0. The Morgan fingerprint density at radius 2 is 0.847 bits per heavy atom. The van der Waals surface area contributed by atoms with Crippen molar-refractivity contribution in [2.75, 3.05) is 4.90 Å². The van der Waals surface area contributed by atoms with Gasteiger partial charge < -0.3 is 9.32 Å². The number of anilines is 3. The van der Waals surface area contributed by atoms with E-state index in [1.807, 2.05) is 11.3 Å². The molecule has 0 saturated carbocycles. The van der Waals surface area contributed by atoms with E-state index in [-0.39, 0.29) is 0 Å². The molecule has 0 spiro atoms. The molecule has 0 aliphatic rings. The summed E-state index contributed by atoms with van der Waals surface area (Å²) in [5.41, 5.74) is 12.3. The standard InChI is InChI=1S/C56H35NOS/c1-2-10-36(11-3-1)41-14-8-15-42(34-41)37-20-27-44(28-21-37)57(51-19-9-18-48-49-31-24-40-13-5-7-17-47(40)55(49)59-56(48)51)45-29-22-38(23-30-45)43-26-32-52-50(35-43)54-46-16-6-4-12-39(46)25-33-53(54)58-52/h1-35H. The van der Waals surface area contributed by atoms with Gasteiger partial charge in [0.15, 0.2) is 0 Å². The van der Waals surface area contributed by atoms with Gasteiger partial charge in [-0.15, -0.1) is 11.3 Å². The maximum Gasteiger partial charge on any atom is 0.136 e. The Bertz CT molecular complexity index is 3540. The second kappa shape index (κ2) is 13.6. The van der Waals surface area contributed by atoms with Gasteiger partial charge in [0.05, 0.1) is 10.4 Å². The zero-order valence-electron chi connectivity index (χ0n) is 32.0. The molecule has 2 aromatic heterocycles. The van der Waals surface area contributed by atoms with E-state index in [4.69, 9.17) is 4.42 Å². The van der Waals surface area contributed by atoms with Gasteiger partial charge >= 0.3 is 0 Å². The van der Waals surface area contributed by atoms with Gasteiger partial charge in [-0.2, -0.15) is 0 Å². The van der Waals surface area contributed by atoms with Crippen LogP contribution < -0.4 is 4.90 Å². The molecule has 0 saturated heterocycles. The van der Waals surface area contributed by atoms with Crippen molar-refractivity contribution in [3.63, 3.8) is 0 Å². The van der Waals surface area contributed by atoms with Crippen molar-refractivity contribution in [2.45, 2.75) is 0 Å². The summed E-state index contributed by atoms with van der Waals surface area (Å²) in [6, 6.07) is 76.9. The predicted molar refractivity (Wildman–Crippen MR) is 253 cm³/mol. The minimum Gasteiger partial charge on any atom is -0.456 e. The van der Waals surface area contributed by atoms with Crippen molar-refractivity contribution >= 4 is 92.1 Å². The number of furan rings is 1. The van der Waals surface area contributed by atoms with Crippen LogP contribution in [-0.2, 0) is 0 Å². The molecule has 12 aromatic rings. The second-order valence-corrected chi connectivity index (χ2v) is 16.3. The van der Waals surface area contributed by atoms with Gasteiger partial charge in [-0.3, -0.25) is 0 Å². The fourth-order valence-corrected chi connectivity index (χ4v) is 10.3. The highest BCUT2D eigenvalue weighted by Crippen LogP contribution is 2.47. The Kier molecular flexibility index (Phi) is 7.75. The van der Waals surface area contributed by atoms with Crippen molar-refractivity contribution in [2.24, 2.45) is 0 Å². The molecule has 0 atom stereocenters. The molecule has 0 aliphatic carbocycles. The Labute approximate surface area is 345 Å². The molecular formula is C56H35NOS. The number of benzene rings is 10. The van der Waals surface area contributed by atoms with E-state index in [1.54, 1.807) is 0 Å². The van der Waals surface area contributed by atoms with Crippen molar-refractivity contribution in [3.05, 3.63) is 212 Å². The Morgan fingerprint density at radius 1 is 0.322 bits per heavy atom. The predicted octanol–water partition coefficient (Wildman–Crippen LogP) is 16.7. The topological polar surface area (TPSA) is 16.4 Å². The zero-order valence-corrected chi connectivity index (χ0v) is 32.8. The number of nitrogens with zero attached hydrogens (tertiary/aromatic N) is 1. The van der Waals surface area contributed by atoms with Crippen LogP contribution in [0.4, 0.5) is 17.1 Å². The fraction of sp³-hybridized carbons (Fsp3) is 0. The Morgan fingerprint density at radius 3 is 1.59 bits per heavy atom. The summed E-state index contributed by atoms with van der Waals surface area (Å²) in [5, 5.41) is 9.87. The summed E-state index contributed by atoms with van der Waals surface area (Å²) in [4.78, 5) is 2.42. The van der Waals surface area contributed by atoms with Crippen LogP contribution in [-0.4, -0.2) is 0 Å². The van der Waals surface area contributed by atoms with Gasteiger partial charge in [-0.1, -0.05) is 158 Å². The summed E-state index contributed by atoms with van der Waals surface area (Å²) < 4.78 is 8.93. The molecule has 3 heteroatoms. The van der Waals surface area contributed by atoms with Crippen LogP contribution in [0.5, 0.6) is 0 Å². The maximum atomic E-state index is 6.34. The van der Waals surface area contributed by atoms with Crippen molar-refractivity contribution in [3.8, 4) is 33.4 Å². The first-order chi connectivity index (χ1) is 29.2. The van der Waals surface area contributed by atoms with Crippen molar-refractivity contribution in [1.82, 2.24) is 0 Å². The highest BCUT2D eigenvalue weighted by molar-refractivity contribution is 7.27. The molecule has 12 rings (SSSR count).